The third-order valence-electron chi connectivity index (χ3n) is 3.54. The fraction of sp³-hybridized carbons (Fsp3) is 0.167. The first kappa shape index (κ1) is 14.2. The van der Waals surface area contributed by atoms with Crippen molar-refractivity contribution in [1.29, 1.82) is 0 Å². The summed E-state index contributed by atoms with van der Waals surface area (Å²) >= 11 is 0. The van der Waals surface area contributed by atoms with Crippen LogP contribution in [0.25, 0.3) is 0 Å². The van der Waals surface area contributed by atoms with Crippen LogP contribution in [0.2, 0.25) is 0 Å². The Balaban J connectivity index is 2.06. The van der Waals surface area contributed by atoms with E-state index in [0.717, 1.165) is 11.1 Å². The van der Waals surface area contributed by atoms with E-state index in [1.165, 1.54) is 0 Å². The number of hydrogen-bond acceptors (Lipinski definition) is 3. The first-order valence-electron chi connectivity index (χ1n) is 7.13. The Morgan fingerprint density at radius 3 is 2.68 bits per heavy atom. The van der Waals surface area contributed by atoms with Gasteiger partial charge in [0.05, 0.1) is 5.69 Å². The number of rotatable bonds is 3. The zero-order valence-electron chi connectivity index (χ0n) is 12.5. The van der Waals surface area contributed by atoms with Crippen molar-refractivity contribution in [3.63, 3.8) is 0 Å². The summed E-state index contributed by atoms with van der Waals surface area (Å²) in [6.07, 6.45) is -0.642. The third-order valence-corrected chi connectivity index (χ3v) is 3.54. The standard InChI is InChI=1S/C18H18N2O2/c1-12(2)11-20-15-10-14(19)8-9-16(15)22-17(18(20)21)13-6-4-3-5-7-13/h3-10,17H,1,11,19H2,2H3. The Kier molecular flexibility index (Phi) is 3.59. The molecule has 1 amide bonds. The van der Waals surface area contributed by atoms with E-state index >= 15 is 0 Å². The van der Waals surface area contributed by atoms with Gasteiger partial charge in [-0.05, 0) is 25.1 Å². The minimum absolute atomic E-state index is 0.104. The first-order valence-corrected chi connectivity index (χ1v) is 7.13. The normalized spacial score (nSPS) is 16.9. The quantitative estimate of drug-likeness (QED) is 0.698. The zero-order chi connectivity index (χ0) is 15.7. The van der Waals surface area contributed by atoms with Crippen LogP contribution in [0, 0.1) is 0 Å². The molecule has 2 aromatic carbocycles. The highest BCUT2D eigenvalue weighted by Gasteiger charge is 2.35. The van der Waals surface area contributed by atoms with Gasteiger partial charge in [-0.2, -0.15) is 0 Å². The molecule has 1 aliphatic heterocycles. The SMILES string of the molecule is C=C(C)CN1C(=O)C(c2ccccc2)Oc2ccc(N)cc21. The topological polar surface area (TPSA) is 55.6 Å². The van der Waals surface area contributed by atoms with Gasteiger partial charge >= 0.3 is 0 Å². The molecule has 0 radical (unpaired) electrons. The highest BCUT2D eigenvalue weighted by Crippen LogP contribution is 2.40. The second kappa shape index (κ2) is 5.56. The molecule has 22 heavy (non-hydrogen) atoms. The Morgan fingerprint density at radius 1 is 1.27 bits per heavy atom. The van der Waals surface area contributed by atoms with Crippen molar-refractivity contribution >= 4 is 17.3 Å². The lowest BCUT2D eigenvalue weighted by atomic mass is 10.0. The van der Waals surface area contributed by atoms with E-state index in [9.17, 15) is 4.79 Å². The number of hydrogen-bond donors (Lipinski definition) is 1. The molecular formula is C18H18N2O2. The number of nitrogens with two attached hydrogens (primary N) is 1. The fourth-order valence-corrected chi connectivity index (χ4v) is 2.55. The maximum Gasteiger partial charge on any atom is 0.273 e. The fourth-order valence-electron chi connectivity index (χ4n) is 2.55. The number of nitrogens with zero attached hydrogens (tertiary/aromatic N) is 1. The van der Waals surface area contributed by atoms with Crippen LogP contribution in [0.15, 0.2) is 60.7 Å². The summed E-state index contributed by atoms with van der Waals surface area (Å²) in [6, 6.07) is 14.8. The van der Waals surface area contributed by atoms with Crippen LogP contribution in [0.4, 0.5) is 11.4 Å². The molecule has 0 spiro atoms. The van der Waals surface area contributed by atoms with Gasteiger partial charge in [0, 0.05) is 17.8 Å². The number of fused-ring (bicyclic) bond motifs is 1. The Labute approximate surface area is 129 Å². The van der Waals surface area contributed by atoms with Crippen molar-refractivity contribution < 1.29 is 9.53 Å². The van der Waals surface area contributed by atoms with Gasteiger partial charge in [-0.1, -0.05) is 42.5 Å². The molecule has 1 atom stereocenters. The lowest BCUT2D eigenvalue weighted by Crippen LogP contribution is -2.42. The minimum Gasteiger partial charge on any atom is -0.474 e. The maximum absolute atomic E-state index is 12.9. The molecule has 1 aliphatic rings. The second-order valence-corrected chi connectivity index (χ2v) is 5.52. The molecular weight excluding hydrogens is 276 g/mol. The van der Waals surface area contributed by atoms with Gasteiger partial charge in [-0.25, -0.2) is 0 Å². The summed E-state index contributed by atoms with van der Waals surface area (Å²) in [5, 5.41) is 0. The second-order valence-electron chi connectivity index (χ2n) is 5.52. The number of carbonyl (C=O) groups is 1. The highest BCUT2D eigenvalue weighted by molar-refractivity contribution is 6.01. The Hall–Kier alpha value is -2.75. The van der Waals surface area contributed by atoms with Crippen molar-refractivity contribution in [2.75, 3.05) is 17.2 Å². The monoisotopic (exact) mass is 294 g/mol. The van der Waals surface area contributed by atoms with Crippen LogP contribution in [0.3, 0.4) is 0 Å². The predicted molar refractivity (Wildman–Crippen MR) is 87.8 cm³/mol. The lowest BCUT2D eigenvalue weighted by molar-refractivity contribution is -0.126. The van der Waals surface area contributed by atoms with Crippen LogP contribution in [-0.2, 0) is 4.79 Å². The van der Waals surface area contributed by atoms with Crippen LogP contribution < -0.4 is 15.4 Å². The largest absolute Gasteiger partial charge is 0.474 e. The van der Waals surface area contributed by atoms with Gasteiger partial charge in [0.25, 0.3) is 5.91 Å². The van der Waals surface area contributed by atoms with Gasteiger partial charge < -0.3 is 15.4 Å². The van der Waals surface area contributed by atoms with Crippen molar-refractivity contribution in [1.82, 2.24) is 0 Å². The van der Waals surface area contributed by atoms with Crippen LogP contribution >= 0.6 is 0 Å². The van der Waals surface area contributed by atoms with E-state index in [4.69, 9.17) is 10.5 Å². The molecule has 4 nitrogen and oxygen atoms in total. The van der Waals surface area contributed by atoms with Crippen LogP contribution in [0.5, 0.6) is 5.75 Å². The summed E-state index contributed by atoms with van der Waals surface area (Å²) in [6.45, 7) is 6.25. The average Bonchev–Trinajstić information content (AvgIpc) is 2.51. The third kappa shape index (κ3) is 2.55. The minimum atomic E-state index is -0.642. The van der Waals surface area contributed by atoms with Gasteiger partial charge in [-0.15, -0.1) is 0 Å². The molecule has 0 aliphatic carbocycles. The molecule has 1 unspecified atom stereocenters. The summed E-state index contributed by atoms with van der Waals surface area (Å²) in [5.74, 6) is 0.552. The Bertz CT molecular complexity index is 725. The van der Waals surface area contributed by atoms with Crippen molar-refractivity contribution in [3.05, 3.63) is 66.2 Å². The van der Waals surface area contributed by atoms with E-state index in [0.29, 0.717) is 23.7 Å². The van der Waals surface area contributed by atoms with Gasteiger partial charge in [0.2, 0.25) is 6.10 Å². The number of carbonyl (C=O) groups excluding carboxylic acids is 1. The zero-order valence-corrected chi connectivity index (χ0v) is 12.5. The number of benzene rings is 2. The van der Waals surface area contributed by atoms with Gasteiger partial charge in [0.1, 0.15) is 5.75 Å². The van der Waals surface area contributed by atoms with E-state index in [1.54, 1.807) is 23.1 Å². The van der Waals surface area contributed by atoms with Gasteiger partial charge in [-0.3, -0.25) is 4.79 Å². The molecule has 2 aromatic rings. The van der Waals surface area contributed by atoms with Crippen molar-refractivity contribution in [3.8, 4) is 5.75 Å². The molecule has 0 bridgehead atoms. The molecule has 112 valence electrons. The molecule has 0 saturated heterocycles. The molecule has 0 aromatic heterocycles. The van der Waals surface area contributed by atoms with Crippen molar-refractivity contribution in [2.24, 2.45) is 0 Å². The van der Waals surface area contributed by atoms with E-state index < -0.39 is 6.10 Å². The summed E-state index contributed by atoms with van der Waals surface area (Å²) in [7, 11) is 0. The molecule has 0 saturated carbocycles. The smallest absolute Gasteiger partial charge is 0.273 e. The number of nitrogen functional groups attached to an aromatic ring is 1. The van der Waals surface area contributed by atoms with Gasteiger partial charge in [0.15, 0.2) is 0 Å². The first-order chi connectivity index (χ1) is 10.6. The molecule has 0 fully saturated rings. The van der Waals surface area contributed by atoms with Crippen molar-refractivity contribution in [2.45, 2.75) is 13.0 Å². The van der Waals surface area contributed by atoms with E-state index in [1.807, 2.05) is 37.3 Å². The average molecular weight is 294 g/mol. The number of anilines is 2. The lowest BCUT2D eigenvalue weighted by Gasteiger charge is -2.34. The summed E-state index contributed by atoms with van der Waals surface area (Å²) in [5.41, 5.74) is 8.88. The molecule has 4 heteroatoms. The van der Waals surface area contributed by atoms with Crippen LogP contribution in [-0.4, -0.2) is 12.5 Å². The highest BCUT2D eigenvalue weighted by atomic mass is 16.5. The maximum atomic E-state index is 12.9. The summed E-state index contributed by atoms with van der Waals surface area (Å²) < 4.78 is 5.92. The molecule has 3 rings (SSSR count). The summed E-state index contributed by atoms with van der Waals surface area (Å²) in [4.78, 5) is 14.5. The van der Waals surface area contributed by atoms with Crippen LogP contribution in [0.1, 0.15) is 18.6 Å². The van der Waals surface area contributed by atoms with E-state index in [2.05, 4.69) is 6.58 Å². The molecule has 1 heterocycles. The Morgan fingerprint density at radius 2 is 2.00 bits per heavy atom. The predicted octanol–water partition coefficient (Wildman–Crippen LogP) is 3.31. The molecule has 2 N–H and O–H groups in total. The number of ether oxygens (including phenoxy) is 1. The number of amides is 1. The van der Waals surface area contributed by atoms with E-state index in [-0.39, 0.29) is 5.91 Å².